The second-order valence-electron chi connectivity index (χ2n) is 12.1. The SMILES string of the molecule is CCCCCCCC/C=C/C/C=C/CCC(=O)OC(COC(=O)CCCCC/C=C/CCCCCCCC)COP(=O)(O)OCCN. The van der Waals surface area contributed by atoms with E-state index < -0.39 is 32.5 Å². The van der Waals surface area contributed by atoms with E-state index >= 15 is 0 Å². The first kappa shape index (κ1) is 45.2. The van der Waals surface area contributed by atoms with Crippen LogP contribution in [0, 0.1) is 0 Å². The summed E-state index contributed by atoms with van der Waals surface area (Å²) in [6.07, 6.45) is 34.8. The van der Waals surface area contributed by atoms with Gasteiger partial charge in [-0.25, -0.2) is 4.57 Å². The molecule has 0 aromatic heterocycles. The van der Waals surface area contributed by atoms with Crippen LogP contribution in [0.15, 0.2) is 36.5 Å². The topological polar surface area (TPSA) is 134 Å². The van der Waals surface area contributed by atoms with Crippen LogP contribution in [0.3, 0.4) is 0 Å². The Morgan fingerprint density at radius 3 is 1.72 bits per heavy atom. The molecule has 9 nitrogen and oxygen atoms in total. The maximum Gasteiger partial charge on any atom is 0.472 e. The van der Waals surface area contributed by atoms with Crippen molar-refractivity contribution in [2.75, 3.05) is 26.4 Å². The maximum atomic E-state index is 12.5. The van der Waals surface area contributed by atoms with E-state index in [2.05, 4.69) is 38.2 Å². The first-order valence-corrected chi connectivity index (χ1v) is 20.0. The lowest BCUT2D eigenvalue weighted by molar-refractivity contribution is -0.161. The monoisotopic (exact) mass is 685 g/mol. The van der Waals surface area contributed by atoms with Crippen molar-refractivity contribution in [1.29, 1.82) is 0 Å². The molecular weight excluding hydrogens is 617 g/mol. The summed E-state index contributed by atoms with van der Waals surface area (Å²) in [6, 6.07) is 0. The lowest BCUT2D eigenvalue weighted by Crippen LogP contribution is -2.29. The molecule has 3 N–H and O–H groups in total. The fourth-order valence-corrected chi connectivity index (χ4v) is 5.50. The molecule has 0 fully saturated rings. The Kier molecular flexibility index (Phi) is 32.8. The molecule has 0 saturated carbocycles. The zero-order valence-corrected chi connectivity index (χ0v) is 30.7. The lowest BCUT2D eigenvalue weighted by atomic mass is 10.1. The fourth-order valence-electron chi connectivity index (χ4n) is 4.74. The summed E-state index contributed by atoms with van der Waals surface area (Å²) in [5.41, 5.74) is 5.32. The number of phosphoric acid groups is 1. The average molecular weight is 686 g/mol. The number of ether oxygens (including phenoxy) is 2. The zero-order valence-electron chi connectivity index (χ0n) is 29.8. The standard InChI is InChI=1S/C37H68NO8P/c1-3-5-7-9-11-13-15-17-19-21-23-25-27-29-36(39)43-33-35(34-45-47(41,42)44-32-31-38)46-37(40)30-28-26-24-22-20-18-16-14-12-10-8-6-4-2/h17-20,24,26,35H,3-16,21-23,25,27-34,38H2,1-2H3,(H,41,42)/b19-17+,20-18+,26-24+. The smallest absolute Gasteiger partial charge is 0.462 e. The third-order valence-electron chi connectivity index (χ3n) is 7.51. The van der Waals surface area contributed by atoms with Gasteiger partial charge in [-0.1, -0.05) is 121 Å². The van der Waals surface area contributed by atoms with Crippen LogP contribution in [-0.2, 0) is 32.7 Å². The van der Waals surface area contributed by atoms with Crippen molar-refractivity contribution in [3.05, 3.63) is 36.5 Å². The molecule has 0 spiro atoms. The number of carbonyl (C=O) groups is 2. The van der Waals surface area contributed by atoms with Gasteiger partial charge in [0.15, 0.2) is 6.10 Å². The van der Waals surface area contributed by atoms with Gasteiger partial charge in [-0.2, -0.15) is 0 Å². The number of allylic oxidation sites excluding steroid dienone is 6. The molecule has 274 valence electrons. The van der Waals surface area contributed by atoms with Gasteiger partial charge >= 0.3 is 19.8 Å². The molecule has 47 heavy (non-hydrogen) atoms. The third kappa shape index (κ3) is 33.9. The number of rotatable bonds is 34. The van der Waals surface area contributed by atoms with Crippen molar-refractivity contribution in [2.24, 2.45) is 5.73 Å². The quantitative estimate of drug-likeness (QED) is 0.0294. The molecule has 0 aliphatic rings. The van der Waals surface area contributed by atoms with Gasteiger partial charge in [-0.3, -0.25) is 18.6 Å². The Balaban J connectivity index is 4.36. The Bertz CT molecular complexity index is 876. The number of nitrogens with two attached hydrogens (primary N) is 1. The van der Waals surface area contributed by atoms with Crippen LogP contribution >= 0.6 is 7.82 Å². The highest BCUT2D eigenvalue weighted by atomic mass is 31.2. The third-order valence-corrected chi connectivity index (χ3v) is 8.50. The average Bonchev–Trinajstić information content (AvgIpc) is 3.05. The number of hydrogen-bond donors (Lipinski definition) is 2. The molecule has 0 bridgehead atoms. The molecule has 0 saturated heterocycles. The predicted molar refractivity (Wildman–Crippen MR) is 192 cm³/mol. The number of unbranched alkanes of at least 4 members (excludes halogenated alkanes) is 15. The lowest BCUT2D eigenvalue weighted by Gasteiger charge is -2.19. The summed E-state index contributed by atoms with van der Waals surface area (Å²) in [4.78, 5) is 34.6. The van der Waals surface area contributed by atoms with Crippen molar-refractivity contribution in [1.82, 2.24) is 0 Å². The van der Waals surface area contributed by atoms with Crippen LogP contribution in [0.4, 0.5) is 0 Å². The summed E-state index contributed by atoms with van der Waals surface area (Å²) in [6.45, 7) is 3.61. The van der Waals surface area contributed by atoms with E-state index in [1.807, 2.05) is 12.2 Å². The van der Waals surface area contributed by atoms with Gasteiger partial charge in [0.05, 0.1) is 13.2 Å². The van der Waals surface area contributed by atoms with Crippen molar-refractivity contribution < 1.29 is 37.6 Å². The van der Waals surface area contributed by atoms with E-state index in [4.69, 9.17) is 24.3 Å². The van der Waals surface area contributed by atoms with Gasteiger partial charge in [0.1, 0.15) is 6.61 Å². The molecule has 2 atom stereocenters. The van der Waals surface area contributed by atoms with Crippen LogP contribution in [0.1, 0.15) is 155 Å². The van der Waals surface area contributed by atoms with Crippen LogP contribution in [0.2, 0.25) is 0 Å². The first-order valence-electron chi connectivity index (χ1n) is 18.5. The highest BCUT2D eigenvalue weighted by molar-refractivity contribution is 7.47. The summed E-state index contributed by atoms with van der Waals surface area (Å²) >= 11 is 0. The van der Waals surface area contributed by atoms with Crippen molar-refractivity contribution in [2.45, 2.75) is 161 Å². The van der Waals surface area contributed by atoms with Crippen LogP contribution < -0.4 is 5.73 Å². The van der Waals surface area contributed by atoms with Gasteiger partial charge in [0.25, 0.3) is 0 Å². The van der Waals surface area contributed by atoms with Gasteiger partial charge < -0.3 is 20.1 Å². The molecule has 0 heterocycles. The molecule has 0 rings (SSSR count). The second kappa shape index (κ2) is 34.1. The van der Waals surface area contributed by atoms with E-state index in [9.17, 15) is 19.0 Å². The maximum absolute atomic E-state index is 12.5. The van der Waals surface area contributed by atoms with Crippen LogP contribution in [0.5, 0.6) is 0 Å². The van der Waals surface area contributed by atoms with Crippen LogP contribution in [0.25, 0.3) is 0 Å². The molecular formula is C37H68NO8P. The summed E-state index contributed by atoms with van der Waals surface area (Å²) < 4.78 is 32.5. The van der Waals surface area contributed by atoms with E-state index in [-0.39, 0.29) is 32.6 Å². The second-order valence-corrected chi connectivity index (χ2v) is 13.5. The van der Waals surface area contributed by atoms with Crippen molar-refractivity contribution in [3.8, 4) is 0 Å². The van der Waals surface area contributed by atoms with Crippen molar-refractivity contribution in [3.63, 3.8) is 0 Å². The highest BCUT2D eigenvalue weighted by Crippen LogP contribution is 2.43. The molecule has 0 aromatic rings. The molecule has 0 radical (unpaired) electrons. The summed E-state index contributed by atoms with van der Waals surface area (Å²) in [7, 11) is -4.38. The molecule has 0 aromatic carbocycles. The Labute approximate surface area is 286 Å². The Morgan fingerprint density at radius 2 is 1.15 bits per heavy atom. The van der Waals surface area contributed by atoms with Gasteiger partial charge in [0, 0.05) is 19.4 Å². The minimum Gasteiger partial charge on any atom is -0.462 e. The molecule has 0 aliphatic heterocycles. The van der Waals surface area contributed by atoms with E-state index in [1.54, 1.807) is 0 Å². The minimum atomic E-state index is -4.38. The highest BCUT2D eigenvalue weighted by Gasteiger charge is 2.25. The number of esters is 2. The molecule has 0 aliphatic carbocycles. The largest absolute Gasteiger partial charge is 0.472 e. The Morgan fingerprint density at radius 1 is 0.638 bits per heavy atom. The number of hydrogen-bond acceptors (Lipinski definition) is 8. The van der Waals surface area contributed by atoms with E-state index in [0.29, 0.717) is 12.8 Å². The van der Waals surface area contributed by atoms with Gasteiger partial charge in [0.2, 0.25) is 0 Å². The number of carbonyl (C=O) groups excluding carboxylic acids is 2. The fraction of sp³-hybridized carbons (Fsp3) is 0.784. The summed E-state index contributed by atoms with van der Waals surface area (Å²) in [5.74, 6) is -0.929. The first-order chi connectivity index (χ1) is 22.8. The Hall–Kier alpha value is -1.77. The van der Waals surface area contributed by atoms with E-state index in [0.717, 1.165) is 38.5 Å². The van der Waals surface area contributed by atoms with Gasteiger partial charge in [-0.05, 0) is 57.8 Å². The van der Waals surface area contributed by atoms with Crippen LogP contribution in [-0.4, -0.2) is 49.3 Å². The normalized spacial score (nSPS) is 13.9. The predicted octanol–water partition coefficient (Wildman–Crippen LogP) is 9.82. The van der Waals surface area contributed by atoms with E-state index in [1.165, 1.54) is 77.0 Å². The zero-order chi connectivity index (χ0) is 34.7. The molecule has 0 amide bonds. The summed E-state index contributed by atoms with van der Waals surface area (Å²) in [5, 5.41) is 0. The van der Waals surface area contributed by atoms with Gasteiger partial charge in [-0.15, -0.1) is 0 Å². The minimum absolute atomic E-state index is 0.0435. The molecule has 10 heteroatoms. The van der Waals surface area contributed by atoms with Crippen molar-refractivity contribution >= 4 is 19.8 Å². The number of phosphoric ester groups is 1. The molecule has 2 unspecified atom stereocenters.